The highest BCUT2D eigenvalue weighted by atomic mass is 16.5. The van der Waals surface area contributed by atoms with E-state index >= 15 is 0 Å². The van der Waals surface area contributed by atoms with Crippen molar-refractivity contribution in [1.82, 2.24) is 0 Å². The summed E-state index contributed by atoms with van der Waals surface area (Å²) in [5, 5.41) is 0. The van der Waals surface area contributed by atoms with Crippen LogP contribution in [0.25, 0.3) is 0 Å². The van der Waals surface area contributed by atoms with Gasteiger partial charge in [0.25, 0.3) is 0 Å². The fraction of sp³-hybridized carbons (Fsp3) is 0.941. The summed E-state index contributed by atoms with van der Waals surface area (Å²) in [5.41, 5.74) is 0. The summed E-state index contributed by atoms with van der Waals surface area (Å²) in [7, 11) is 0. The van der Waals surface area contributed by atoms with Crippen LogP contribution in [-0.2, 0) is 19.1 Å². The second-order valence-corrected chi connectivity index (χ2v) is 13.0. The Kier molecular flexibility index (Phi) is 14.3. The van der Waals surface area contributed by atoms with Crippen LogP contribution >= 0.6 is 0 Å². The Hall–Kier alpha value is -0.740. The summed E-state index contributed by atoms with van der Waals surface area (Å²) in [5.74, 6) is 5.77. The zero-order valence-corrected chi connectivity index (χ0v) is 25.4. The van der Waals surface area contributed by atoms with Gasteiger partial charge in [0, 0.05) is 38.9 Å². The molecule has 4 heteroatoms. The molecule has 4 fully saturated rings. The summed E-state index contributed by atoms with van der Waals surface area (Å²) < 4.78 is 11.4. The third kappa shape index (κ3) is 9.72. The standard InChI is InChI=1S/2C17H30O2/c2*1-3-16(19-4-2)8-6-5-7-13-9-10-14-11-15(18)12-17(13)14/h2*13-14,16-17H,3-12H2,1-2H3. The molecule has 0 radical (unpaired) electrons. The Morgan fingerprint density at radius 1 is 0.605 bits per heavy atom. The highest BCUT2D eigenvalue weighted by molar-refractivity contribution is 5.81. The van der Waals surface area contributed by atoms with E-state index < -0.39 is 0 Å². The van der Waals surface area contributed by atoms with Crippen LogP contribution in [0.4, 0.5) is 0 Å². The third-order valence-electron chi connectivity index (χ3n) is 10.6. The maximum atomic E-state index is 11.5. The number of carbonyl (C=O) groups excluding carboxylic acids is 2. The SMILES string of the molecule is CCOC(CC)CCCCC1CCC2CC(=O)CC12.CCOC(CC)CCCCC1CCC2CC(=O)CC12. The fourth-order valence-corrected chi connectivity index (χ4v) is 8.49. The van der Waals surface area contributed by atoms with Crippen LogP contribution in [0.2, 0.25) is 0 Å². The molecule has 0 aromatic carbocycles. The zero-order chi connectivity index (χ0) is 27.3. The van der Waals surface area contributed by atoms with E-state index in [2.05, 4.69) is 27.7 Å². The molecule has 38 heavy (non-hydrogen) atoms. The second kappa shape index (κ2) is 17.2. The maximum Gasteiger partial charge on any atom is 0.133 e. The lowest BCUT2D eigenvalue weighted by Gasteiger charge is -2.19. The Morgan fingerprint density at radius 3 is 1.39 bits per heavy atom. The molecular formula is C34H60O4. The number of unbranched alkanes of at least 4 members (excludes halogenated alkanes) is 2. The minimum atomic E-state index is 0.467. The van der Waals surface area contributed by atoms with Crippen molar-refractivity contribution in [3.8, 4) is 0 Å². The average Bonchev–Trinajstić information content (AvgIpc) is 3.65. The van der Waals surface area contributed by atoms with Crippen LogP contribution in [0.5, 0.6) is 0 Å². The number of ketones is 2. The molecular weight excluding hydrogens is 472 g/mol. The summed E-state index contributed by atoms with van der Waals surface area (Å²) in [6, 6.07) is 0. The first-order valence-corrected chi connectivity index (χ1v) is 16.7. The summed E-state index contributed by atoms with van der Waals surface area (Å²) in [6.45, 7) is 10.3. The van der Waals surface area contributed by atoms with Crippen molar-refractivity contribution in [2.75, 3.05) is 13.2 Å². The van der Waals surface area contributed by atoms with Crippen molar-refractivity contribution < 1.29 is 19.1 Å². The first kappa shape index (κ1) is 31.8. The lowest BCUT2D eigenvalue weighted by Crippen LogP contribution is -2.12. The van der Waals surface area contributed by atoms with E-state index in [9.17, 15) is 9.59 Å². The molecule has 8 unspecified atom stereocenters. The molecule has 0 amide bonds. The quantitative estimate of drug-likeness (QED) is 0.186. The average molecular weight is 533 g/mol. The van der Waals surface area contributed by atoms with Gasteiger partial charge >= 0.3 is 0 Å². The first-order valence-electron chi connectivity index (χ1n) is 16.7. The molecule has 0 bridgehead atoms. The topological polar surface area (TPSA) is 52.6 Å². The number of hydrogen-bond donors (Lipinski definition) is 0. The Bertz CT molecular complexity index is 632. The molecule has 0 aliphatic heterocycles. The lowest BCUT2D eigenvalue weighted by molar-refractivity contribution is -0.118. The third-order valence-corrected chi connectivity index (χ3v) is 10.6. The van der Waals surface area contributed by atoms with Gasteiger partial charge in [0.15, 0.2) is 0 Å². The van der Waals surface area contributed by atoms with Crippen molar-refractivity contribution in [2.45, 2.75) is 155 Å². The molecule has 0 spiro atoms. The van der Waals surface area contributed by atoms with Gasteiger partial charge in [-0.05, 0) is 101 Å². The maximum absolute atomic E-state index is 11.5. The predicted molar refractivity (Wildman–Crippen MR) is 156 cm³/mol. The number of rotatable bonds is 16. The van der Waals surface area contributed by atoms with Gasteiger partial charge in [0.2, 0.25) is 0 Å². The van der Waals surface area contributed by atoms with E-state index in [1.54, 1.807) is 0 Å². The minimum absolute atomic E-state index is 0.467. The number of hydrogen-bond acceptors (Lipinski definition) is 4. The summed E-state index contributed by atoms with van der Waals surface area (Å²) in [4.78, 5) is 23.0. The molecule has 0 N–H and O–H groups in total. The molecule has 8 atom stereocenters. The number of carbonyl (C=O) groups is 2. The molecule has 0 aromatic rings. The number of Topliss-reactive ketones (excluding diaryl/α,β-unsaturated/α-hetero) is 2. The van der Waals surface area contributed by atoms with E-state index in [0.717, 1.165) is 87.2 Å². The fourth-order valence-electron chi connectivity index (χ4n) is 8.49. The normalized spacial score (nSPS) is 31.7. The molecule has 0 heterocycles. The molecule has 0 aromatic heterocycles. The number of fused-ring (bicyclic) bond motifs is 2. The highest BCUT2D eigenvalue weighted by Crippen LogP contribution is 2.49. The van der Waals surface area contributed by atoms with Crippen LogP contribution in [0.1, 0.15) is 143 Å². The molecule has 4 aliphatic carbocycles. The molecule has 4 saturated carbocycles. The summed E-state index contributed by atoms with van der Waals surface area (Å²) in [6.07, 6.45) is 22.5. The van der Waals surface area contributed by atoms with E-state index in [1.807, 2.05) is 0 Å². The monoisotopic (exact) mass is 532 g/mol. The predicted octanol–water partition coefficient (Wildman–Crippen LogP) is 8.73. The first-order chi connectivity index (χ1) is 18.5. The van der Waals surface area contributed by atoms with Crippen LogP contribution in [0, 0.1) is 35.5 Å². The van der Waals surface area contributed by atoms with E-state index in [0.29, 0.717) is 23.8 Å². The van der Waals surface area contributed by atoms with Crippen molar-refractivity contribution in [1.29, 1.82) is 0 Å². The zero-order valence-electron chi connectivity index (χ0n) is 25.4. The Morgan fingerprint density at radius 2 is 1.03 bits per heavy atom. The molecule has 0 saturated heterocycles. The van der Waals surface area contributed by atoms with Gasteiger partial charge < -0.3 is 9.47 Å². The highest BCUT2D eigenvalue weighted by Gasteiger charge is 2.43. The van der Waals surface area contributed by atoms with Gasteiger partial charge in [-0.25, -0.2) is 0 Å². The molecule has 4 aliphatic rings. The van der Waals surface area contributed by atoms with Gasteiger partial charge in [-0.15, -0.1) is 0 Å². The Balaban J connectivity index is 0.000000211. The number of ether oxygens (including phenoxy) is 2. The van der Waals surface area contributed by atoms with E-state index in [1.165, 1.54) is 77.0 Å². The van der Waals surface area contributed by atoms with Crippen LogP contribution in [-0.4, -0.2) is 37.0 Å². The minimum Gasteiger partial charge on any atom is -0.379 e. The van der Waals surface area contributed by atoms with Gasteiger partial charge in [-0.3, -0.25) is 9.59 Å². The molecule has 4 rings (SSSR count). The van der Waals surface area contributed by atoms with Crippen molar-refractivity contribution in [3.63, 3.8) is 0 Å². The van der Waals surface area contributed by atoms with E-state index in [-0.39, 0.29) is 0 Å². The van der Waals surface area contributed by atoms with Crippen LogP contribution < -0.4 is 0 Å². The molecule has 4 nitrogen and oxygen atoms in total. The summed E-state index contributed by atoms with van der Waals surface area (Å²) >= 11 is 0. The van der Waals surface area contributed by atoms with Gasteiger partial charge in [-0.2, -0.15) is 0 Å². The second-order valence-electron chi connectivity index (χ2n) is 13.0. The van der Waals surface area contributed by atoms with Crippen molar-refractivity contribution in [3.05, 3.63) is 0 Å². The van der Waals surface area contributed by atoms with E-state index in [4.69, 9.17) is 9.47 Å². The van der Waals surface area contributed by atoms with Gasteiger partial charge in [0.05, 0.1) is 12.2 Å². The smallest absolute Gasteiger partial charge is 0.133 e. The Labute approximate surface area is 234 Å². The largest absolute Gasteiger partial charge is 0.379 e. The lowest BCUT2D eigenvalue weighted by atomic mass is 9.88. The molecule has 220 valence electrons. The van der Waals surface area contributed by atoms with Gasteiger partial charge in [-0.1, -0.05) is 52.4 Å². The van der Waals surface area contributed by atoms with Gasteiger partial charge in [0.1, 0.15) is 11.6 Å². The van der Waals surface area contributed by atoms with Crippen LogP contribution in [0.3, 0.4) is 0 Å². The van der Waals surface area contributed by atoms with Crippen molar-refractivity contribution in [2.24, 2.45) is 35.5 Å². The van der Waals surface area contributed by atoms with Crippen LogP contribution in [0.15, 0.2) is 0 Å². The van der Waals surface area contributed by atoms with Crippen molar-refractivity contribution >= 4 is 11.6 Å².